The molecule has 1 aliphatic heterocycles. The predicted octanol–water partition coefficient (Wildman–Crippen LogP) is 1.47. The highest BCUT2D eigenvalue weighted by Gasteiger charge is 2.71. The highest BCUT2D eigenvalue weighted by molar-refractivity contribution is 6.00. The van der Waals surface area contributed by atoms with E-state index in [1.165, 1.54) is 0 Å². The summed E-state index contributed by atoms with van der Waals surface area (Å²) in [5.74, 6) is -0.0109. The van der Waals surface area contributed by atoms with Gasteiger partial charge in [-0.2, -0.15) is 0 Å². The summed E-state index contributed by atoms with van der Waals surface area (Å²) in [6.45, 7) is 6.63. The summed E-state index contributed by atoms with van der Waals surface area (Å²) in [5.41, 5.74) is 6.98. The van der Waals surface area contributed by atoms with Crippen molar-refractivity contribution in [2.24, 2.45) is 17.1 Å². The van der Waals surface area contributed by atoms with Gasteiger partial charge < -0.3 is 15.8 Å². The van der Waals surface area contributed by atoms with Crippen molar-refractivity contribution < 1.29 is 9.53 Å². The normalized spacial score (nSPS) is 34.2. The second kappa shape index (κ2) is 4.27. The Morgan fingerprint density at radius 1 is 1.55 bits per heavy atom. The Kier molecular flexibility index (Phi) is 2.88. The van der Waals surface area contributed by atoms with Gasteiger partial charge in [-0.05, 0) is 25.0 Å². The maximum atomic E-state index is 12.7. The van der Waals surface area contributed by atoms with Gasteiger partial charge in [-0.3, -0.25) is 9.78 Å². The van der Waals surface area contributed by atoms with Gasteiger partial charge >= 0.3 is 0 Å². The third-order valence-electron chi connectivity index (χ3n) is 5.10. The molecule has 20 heavy (non-hydrogen) atoms. The van der Waals surface area contributed by atoms with Crippen LogP contribution in [0.1, 0.15) is 25.8 Å². The van der Waals surface area contributed by atoms with Crippen LogP contribution in [0.2, 0.25) is 0 Å². The van der Waals surface area contributed by atoms with Crippen LogP contribution < -0.4 is 11.1 Å². The number of nitrogens with two attached hydrogens (primary N) is 1. The molecule has 3 unspecified atom stereocenters. The van der Waals surface area contributed by atoms with Gasteiger partial charge in [0.1, 0.15) is 5.54 Å². The number of pyridine rings is 1. The monoisotopic (exact) mass is 275 g/mol. The number of nitrogens with one attached hydrogen (secondary N) is 1. The van der Waals surface area contributed by atoms with E-state index in [-0.39, 0.29) is 23.3 Å². The number of rotatable bonds is 2. The van der Waals surface area contributed by atoms with Crippen molar-refractivity contribution in [2.75, 3.05) is 11.9 Å². The SMILES string of the molecule is Cc1cnccc1NC(=O)C1(N)C2CCOC2C1(C)C. The molecule has 0 spiro atoms. The minimum atomic E-state index is -0.871. The maximum absolute atomic E-state index is 12.7. The lowest BCUT2D eigenvalue weighted by atomic mass is 9.48. The lowest BCUT2D eigenvalue weighted by Crippen LogP contribution is -2.79. The topological polar surface area (TPSA) is 77.2 Å². The number of amides is 1. The molecule has 108 valence electrons. The molecule has 0 bridgehead atoms. The summed E-state index contributed by atoms with van der Waals surface area (Å²) < 4.78 is 5.72. The summed E-state index contributed by atoms with van der Waals surface area (Å²) in [6, 6.07) is 1.80. The Labute approximate surface area is 118 Å². The zero-order valence-corrected chi connectivity index (χ0v) is 12.1. The van der Waals surface area contributed by atoms with Crippen molar-refractivity contribution >= 4 is 11.6 Å². The quantitative estimate of drug-likeness (QED) is 0.857. The van der Waals surface area contributed by atoms with Crippen molar-refractivity contribution in [3.8, 4) is 0 Å². The van der Waals surface area contributed by atoms with Gasteiger partial charge in [0, 0.05) is 36.0 Å². The fraction of sp³-hybridized carbons (Fsp3) is 0.600. The number of carbonyl (C=O) groups excluding carboxylic acids is 1. The molecule has 1 saturated carbocycles. The van der Waals surface area contributed by atoms with Crippen molar-refractivity contribution in [1.82, 2.24) is 4.98 Å². The third kappa shape index (κ3) is 1.56. The molecule has 1 aromatic heterocycles. The molecule has 2 fully saturated rings. The molecule has 2 heterocycles. The molecule has 5 heteroatoms. The Balaban J connectivity index is 1.85. The Hall–Kier alpha value is -1.46. The second-order valence-electron chi connectivity index (χ2n) is 6.42. The fourth-order valence-electron chi connectivity index (χ4n) is 3.68. The number of nitrogens with zero attached hydrogens (tertiary/aromatic N) is 1. The lowest BCUT2D eigenvalue weighted by molar-refractivity contribution is -0.170. The first-order chi connectivity index (χ1) is 9.39. The smallest absolute Gasteiger partial charge is 0.245 e. The zero-order valence-electron chi connectivity index (χ0n) is 12.1. The summed E-state index contributed by atoms with van der Waals surface area (Å²) in [7, 11) is 0. The van der Waals surface area contributed by atoms with Gasteiger partial charge in [-0.15, -0.1) is 0 Å². The molecule has 1 amide bonds. The number of anilines is 1. The van der Waals surface area contributed by atoms with Crippen LogP contribution in [0.5, 0.6) is 0 Å². The maximum Gasteiger partial charge on any atom is 0.245 e. The van der Waals surface area contributed by atoms with Crippen molar-refractivity contribution in [2.45, 2.75) is 38.8 Å². The largest absolute Gasteiger partial charge is 0.377 e. The van der Waals surface area contributed by atoms with E-state index in [0.717, 1.165) is 17.7 Å². The van der Waals surface area contributed by atoms with Crippen LogP contribution in [0.15, 0.2) is 18.5 Å². The van der Waals surface area contributed by atoms with E-state index in [1.807, 2.05) is 20.8 Å². The number of fused-ring (bicyclic) bond motifs is 1. The number of hydrogen-bond donors (Lipinski definition) is 2. The minimum Gasteiger partial charge on any atom is -0.377 e. The van der Waals surface area contributed by atoms with Crippen molar-refractivity contribution in [3.05, 3.63) is 24.0 Å². The van der Waals surface area contributed by atoms with Crippen LogP contribution in [-0.2, 0) is 9.53 Å². The second-order valence-corrected chi connectivity index (χ2v) is 6.42. The molecule has 3 rings (SSSR count). The highest BCUT2D eigenvalue weighted by Crippen LogP contribution is 2.58. The van der Waals surface area contributed by atoms with E-state index in [0.29, 0.717) is 6.61 Å². The Bertz CT molecular complexity index is 558. The van der Waals surface area contributed by atoms with Crippen LogP contribution in [0.25, 0.3) is 0 Å². The van der Waals surface area contributed by atoms with Crippen molar-refractivity contribution in [3.63, 3.8) is 0 Å². The van der Waals surface area contributed by atoms with Gasteiger partial charge in [0.2, 0.25) is 5.91 Å². The van der Waals surface area contributed by atoms with E-state index in [1.54, 1.807) is 18.5 Å². The van der Waals surface area contributed by atoms with Gasteiger partial charge in [-0.1, -0.05) is 13.8 Å². The predicted molar refractivity (Wildman–Crippen MR) is 76.2 cm³/mol. The fourth-order valence-corrected chi connectivity index (χ4v) is 3.68. The summed E-state index contributed by atoms with van der Waals surface area (Å²) in [4.78, 5) is 16.7. The van der Waals surface area contributed by atoms with Crippen LogP contribution in [-0.4, -0.2) is 29.1 Å². The zero-order chi connectivity index (χ0) is 14.5. The lowest BCUT2D eigenvalue weighted by Gasteiger charge is -2.60. The first-order valence-corrected chi connectivity index (χ1v) is 7.01. The third-order valence-corrected chi connectivity index (χ3v) is 5.10. The molecule has 2 aliphatic rings. The number of ether oxygens (including phenoxy) is 1. The molecule has 3 atom stereocenters. The molecule has 1 aromatic rings. The Morgan fingerprint density at radius 3 is 3.00 bits per heavy atom. The van der Waals surface area contributed by atoms with E-state index in [9.17, 15) is 4.79 Å². The molecule has 5 nitrogen and oxygen atoms in total. The van der Waals surface area contributed by atoms with E-state index < -0.39 is 5.54 Å². The molecular formula is C15H21N3O2. The molecular weight excluding hydrogens is 254 g/mol. The van der Waals surface area contributed by atoms with Crippen LogP contribution in [0.4, 0.5) is 5.69 Å². The van der Waals surface area contributed by atoms with Crippen molar-refractivity contribution in [1.29, 1.82) is 0 Å². The molecule has 1 saturated heterocycles. The highest BCUT2D eigenvalue weighted by atomic mass is 16.5. The summed E-state index contributed by atoms with van der Waals surface area (Å²) in [6.07, 6.45) is 4.34. The molecule has 3 N–H and O–H groups in total. The Morgan fingerprint density at radius 2 is 2.30 bits per heavy atom. The van der Waals surface area contributed by atoms with Gasteiger partial charge in [-0.25, -0.2) is 0 Å². The minimum absolute atomic E-state index is 0.0942. The molecule has 1 aliphatic carbocycles. The number of aryl methyl sites for hydroxylation is 1. The van der Waals surface area contributed by atoms with E-state index >= 15 is 0 Å². The first-order valence-electron chi connectivity index (χ1n) is 7.01. The number of carbonyl (C=O) groups is 1. The standard InChI is InChI=1S/C15H21N3O2/c1-9-8-17-6-4-11(9)18-13(19)15(16)10-5-7-20-12(10)14(15,2)3/h4,6,8,10,12H,5,7,16H2,1-3H3,(H,17,18,19). The van der Waals surface area contributed by atoms with Gasteiger partial charge in [0.05, 0.1) is 6.10 Å². The summed E-state index contributed by atoms with van der Waals surface area (Å²) in [5, 5.41) is 2.96. The van der Waals surface area contributed by atoms with E-state index in [2.05, 4.69) is 10.3 Å². The number of hydrogen-bond acceptors (Lipinski definition) is 4. The van der Waals surface area contributed by atoms with Gasteiger partial charge in [0.25, 0.3) is 0 Å². The van der Waals surface area contributed by atoms with E-state index in [4.69, 9.17) is 10.5 Å². The number of aromatic nitrogens is 1. The van der Waals surface area contributed by atoms with Crippen LogP contribution in [0.3, 0.4) is 0 Å². The molecule has 0 aromatic carbocycles. The summed E-state index contributed by atoms with van der Waals surface area (Å²) >= 11 is 0. The average molecular weight is 275 g/mol. The average Bonchev–Trinajstić information content (AvgIpc) is 2.88. The van der Waals surface area contributed by atoms with Gasteiger partial charge in [0.15, 0.2) is 0 Å². The first kappa shape index (κ1) is 13.5. The van der Waals surface area contributed by atoms with Crippen LogP contribution >= 0.6 is 0 Å². The molecule has 0 radical (unpaired) electrons. The van der Waals surface area contributed by atoms with Crippen LogP contribution in [0, 0.1) is 18.3 Å².